The van der Waals surface area contributed by atoms with Gasteiger partial charge in [-0.2, -0.15) is 0 Å². The summed E-state index contributed by atoms with van der Waals surface area (Å²) in [7, 11) is 3.05. The van der Waals surface area contributed by atoms with Gasteiger partial charge in [0.15, 0.2) is 0 Å². The van der Waals surface area contributed by atoms with Gasteiger partial charge in [0.2, 0.25) is 0 Å². The molecule has 0 rings (SSSR count). The van der Waals surface area contributed by atoms with E-state index in [9.17, 15) is 0 Å². The molecule has 0 amide bonds. The molecule has 0 saturated carbocycles. The fourth-order valence-electron chi connectivity index (χ4n) is 2.36. The fraction of sp³-hybridized carbons (Fsp3) is 0.529. The van der Waals surface area contributed by atoms with Crippen molar-refractivity contribution in [1.82, 2.24) is 9.80 Å². The summed E-state index contributed by atoms with van der Waals surface area (Å²) in [5.41, 5.74) is 0. The summed E-state index contributed by atoms with van der Waals surface area (Å²) >= 11 is 0. The van der Waals surface area contributed by atoms with Crippen molar-refractivity contribution in [1.29, 1.82) is 0 Å². The Kier molecular flexibility index (Phi) is 10.6. The van der Waals surface area contributed by atoms with Gasteiger partial charge in [-0.3, -0.25) is 9.80 Å². The molecule has 114 valence electrons. The lowest BCUT2D eigenvalue weighted by Gasteiger charge is -2.48. The summed E-state index contributed by atoms with van der Waals surface area (Å²) in [6.45, 7) is 21.1. The average Bonchev–Trinajstić information content (AvgIpc) is 2.44. The Hall–Kier alpha value is -0.690. The van der Waals surface area contributed by atoms with Gasteiger partial charge in [0, 0.05) is 26.2 Å². The summed E-state index contributed by atoms with van der Waals surface area (Å²) < 4.78 is 0. The molecule has 0 aliphatic carbocycles. The second-order valence-corrected chi connectivity index (χ2v) is 5.87. The minimum Gasteiger partial charge on any atom is -0.275 e. The number of rotatable bonds is 13. The van der Waals surface area contributed by atoms with Crippen LogP contribution in [-0.4, -0.2) is 41.4 Å². The maximum atomic E-state index is 3.88. The molecule has 0 aromatic rings. The average molecular weight is 294 g/mol. The lowest BCUT2D eigenvalue weighted by Crippen LogP contribution is -2.56. The first-order valence-corrected chi connectivity index (χ1v) is 7.90. The smallest absolute Gasteiger partial charge is 0.0887 e. The van der Waals surface area contributed by atoms with Crippen molar-refractivity contribution >= 4 is 9.24 Å². The third-order valence-corrected chi connectivity index (χ3v) is 4.41. The number of hydrogen-bond acceptors (Lipinski definition) is 2. The molecule has 0 N–H and O–H groups in total. The first-order chi connectivity index (χ1) is 9.60. The highest BCUT2D eigenvalue weighted by molar-refractivity contribution is 7.18. The molecule has 1 atom stereocenters. The Morgan fingerprint density at radius 1 is 0.850 bits per heavy atom. The Labute approximate surface area is 128 Å². The summed E-state index contributed by atoms with van der Waals surface area (Å²) in [5.74, 6) is 0. The molecule has 0 saturated heterocycles. The van der Waals surface area contributed by atoms with E-state index in [1.807, 2.05) is 24.3 Å². The van der Waals surface area contributed by atoms with Gasteiger partial charge in [-0.15, -0.1) is 26.3 Å². The largest absolute Gasteiger partial charge is 0.275 e. The molecule has 0 bridgehead atoms. The van der Waals surface area contributed by atoms with Gasteiger partial charge in [0.1, 0.15) is 0 Å². The van der Waals surface area contributed by atoms with Crippen molar-refractivity contribution < 1.29 is 0 Å². The Bertz CT molecular complexity index is 268. The monoisotopic (exact) mass is 294 g/mol. The minimum atomic E-state index is -0.110. The van der Waals surface area contributed by atoms with Crippen molar-refractivity contribution in [3.63, 3.8) is 0 Å². The second kappa shape index (κ2) is 11.0. The topological polar surface area (TPSA) is 6.48 Å². The van der Waals surface area contributed by atoms with E-state index in [1.165, 1.54) is 12.8 Å². The molecular formula is C17H31N2P. The standard InChI is InChI=1S/C17H31N2P/c1-6-11-12-17(20,18(13-7-2)14-8-3)19(15-9-4)16-10-5/h7-10H,2-6,11-16,20H2,1H3. The third-order valence-electron chi connectivity index (χ3n) is 3.39. The van der Waals surface area contributed by atoms with Gasteiger partial charge in [-0.1, -0.05) is 53.3 Å². The van der Waals surface area contributed by atoms with Gasteiger partial charge in [0.05, 0.1) is 5.40 Å². The van der Waals surface area contributed by atoms with Crippen molar-refractivity contribution in [2.75, 3.05) is 26.2 Å². The van der Waals surface area contributed by atoms with E-state index >= 15 is 0 Å². The van der Waals surface area contributed by atoms with Crippen molar-refractivity contribution in [2.24, 2.45) is 0 Å². The molecule has 2 nitrogen and oxygen atoms in total. The van der Waals surface area contributed by atoms with Crippen LogP contribution >= 0.6 is 9.24 Å². The number of unbranched alkanes of at least 4 members (excludes halogenated alkanes) is 1. The fourth-order valence-corrected chi connectivity index (χ4v) is 2.98. The van der Waals surface area contributed by atoms with Crippen LogP contribution in [0.5, 0.6) is 0 Å². The van der Waals surface area contributed by atoms with Crippen molar-refractivity contribution in [3.8, 4) is 0 Å². The van der Waals surface area contributed by atoms with Crippen molar-refractivity contribution in [2.45, 2.75) is 31.6 Å². The zero-order valence-electron chi connectivity index (χ0n) is 13.1. The van der Waals surface area contributed by atoms with E-state index in [0.717, 1.165) is 32.6 Å². The van der Waals surface area contributed by atoms with Crippen LogP contribution in [0.15, 0.2) is 50.6 Å². The van der Waals surface area contributed by atoms with E-state index in [0.29, 0.717) is 0 Å². The van der Waals surface area contributed by atoms with Crippen LogP contribution in [0.25, 0.3) is 0 Å². The maximum absolute atomic E-state index is 3.88. The molecular weight excluding hydrogens is 263 g/mol. The molecule has 20 heavy (non-hydrogen) atoms. The van der Waals surface area contributed by atoms with Crippen LogP contribution in [0.3, 0.4) is 0 Å². The van der Waals surface area contributed by atoms with E-state index < -0.39 is 0 Å². The van der Waals surface area contributed by atoms with Gasteiger partial charge in [0.25, 0.3) is 0 Å². The number of nitrogens with zero attached hydrogens (tertiary/aromatic N) is 2. The summed E-state index contributed by atoms with van der Waals surface area (Å²) in [5, 5.41) is -0.110. The Balaban J connectivity index is 5.35. The molecule has 0 aliphatic rings. The van der Waals surface area contributed by atoms with Crippen LogP contribution in [0.2, 0.25) is 0 Å². The quantitative estimate of drug-likeness (QED) is 0.287. The Morgan fingerprint density at radius 2 is 1.20 bits per heavy atom. The minimum absolute atomic E-state index is 0.110. The van der Waals surface area contributed by atoms with Crippen LogP contribution in [-0.2, 0) is 0 Å². The van der Waals surface area contributed by atoms with Crippen LogP contribution in [0, 0.1) is 0 Å². The molecule has 0 aromatic carbocycles. The van der Waals surface area contributed by atoms with Crippen LogP contribution < -0.4 is 0 Å². The molecule has 3 heteroatoms. The normalized spacial score (nSPS) is 11.6. The van der Waals surface area contributed by atoms with E-state index in [1.54, 1.807) is 0 Å². The number of hydrogen-bond donors (Lipinski definition) is 0. The van der Waals surface area contributed by atoms with Crippen LogP contribution in [0.4, 0.5) is 0 Å². The predicted molar refractivity (Wildman–Crippen MR) is 95.9 cm³/mol. The summed E-state index contributed by atoms with van der Waals surface area (Å²) in [4.78, 5) is 4.78. The highest BCUT2D eigenvalue weighted by Crippen LogP contribution is 2.34. The maximum Gasteiger partial charge on any atom is 0.0887 e. The Morgan fingerprint density at radius 3 is 1.45 bits per heavy atom. The SMILES string of the molecule is C=CCN(CC=C)C(P)(CCCC)N(CC=C)CC=C. The highest BCUT2D eigenvalue weighted by atomic mass is 31.0. The first-order valence-electron chi connectivity index (χ1n) is 7.33. The third kappa shape index (κ3) is 5.75. The molecule has 0 heterocycles. The molecule has 0 aliphatic heterocycles. The second-order valence-electron chi connectivity index (χ2n) is 4.95. The van der Waals surface area contributed by atoms with E-state index in [2.05, 4.69) is 52.3 Å². The molecule has 1 unspecified atom stereocenters. The molecule has 0 fully saturated rings. The van der Waals surface area contributed by atoms with Crippen LogP contribution in [0.1, 0.15) is 26.2 Å². The lowest BCUT2D eigenvalue weighted by atomic mass is 10.1. The van der Waals surface area contributed by atoms with Gasteiger partial charge in [-0.25, -0.2) is 0 Å². The van der Waals surface area contributed by atoms with E-state index in [4.69, 9.17) is 0 Å². The molecule has 0 radical (unpaired) electrons. The molecule has 0 spiro atoms. The highest BCUT2D eigenvalue weighted by Gasteiger charge is 2.35. The predicted octanol–water partition coefficient (Wildman–Crippen LogP) is 4.05. The van der Waals surface area contributed by atoms with Crippen molar-refractivity contribution in [3.05, 3.63) is 50.6 Å². The zero-order chi connectivity index (χ0) is 15.4. The van der Waals surface area contributed by atoms with Gasteiger partial charge >= 0.3 is 0 Å². The van der Waals surface area contributed by atoms with Gasteiger partial charge in [-0.05, 0) is 6.42 Å². The van der Waals surface area contributed by atoms with E-state index in [-0.39, 0.29) is 5.40 Å². The van der Waals surface area contributed by atoms with Gasteiger partial charge < -0.3 is 0 Å². The summed E-state index contributed by atoms with van der Waals surface area (Å²) in [6, 6.07) is 0. The zero-order valence-corrected chi connectivity index (χ0v) is 14.2. The first kappa shape index (κ1) is 19.3. The summed E-state index contributed by atoms with van der Waals surface area (Å²) in [6.07, 6.45) is 11.3. The molecule has 0 aromatic heterocycles. The lowest BCUT2D eigenvalue weighted by molar-refractivity contribution is 0.0349.